The Morgan fingerprint density at radius 3 is 2.52 bits per heavy atom. The fourth-order valence-corrected chi connectivity index (χ4v) is 2.05. The molecular formula is C18H24N4O. The lowest BCUT2D eigenvalue weighted by Crippen LogP contribution is -2.25. The van der Waals surface area contributed by atoms with Crippen molar-refractivity contribution in [1.29, 1.82) is 0 Å². The summed E-state index contributed by atoms with van der Waals surface area (Å²) in [6, 6.07) is 10.1. The number of carbonyl (C=O) groups is 1. The van der Waals surface area contributed by atoms with Crippen LogP contribution < -0.4 is 10.6 Å². The first-order valence-corrected chi connectivity index (χ1v) is 7.94. The summed E-state index contributed by atoms with van der Waals surface area (Å²) in [5.41, 5.74) is 3.42. The number of nitrogens with one attached hydrogen (secondary N) is 2. The molecule has 2 rings (SSSR count). The number of amides is 1. The normalized spacial score (nSPS) is 11.8. The molecule has 0 radical (unpaired) electrons. The maximum absolute atomic E-state index is 12.3. The van der Waals surface area contributed by atoms with Crippen molar-refractivity contribution in [3.8, 4) is 0 Å². The van der Waals surface area contributed by atoms with Gasteiger partial charge in [-0.25, -0.2) is 9.97 Å². The van der Waals surface area contributed by atoms with E-state index >= 15 is 0 Å². The van der Waals surface area contributed by atoms with Crippen LogP contribution in [0.1, 0.15) is 47.6 Å². The summed E-state index contributed by atoms with van der Waals surface area (Å²) in [5, 5.41) is 6.10. The molecule has 0 spiro atoms. The summed E-state index contributed by atoms with van der Waals surface area (Å²) in [5.74, 6) is 0.308. The number of anilines is 1. The van der Waals surface area contributed by atoms with Crippen molar-refractivity contribution >= 4 is 11.9 Å². The first kappa shape index (κ1) is 16.9. The molecule has 1 heterocycles. The summed E-state index contributed by atoms with van der Waals surface area (Å²) >= 11 is 0. The molecule has 1 atom stereocenters. The molecule has 2 aromatic rings. The number of carbonyl (C=O) groups excluding carboxylic acids is 1. The van der Waals surface area contributed by atoms with Crippen LogP contribution in [0.5, 0.6) is 0 Å². The number of hydrogen-bond acceptors (Lipinski definition) is 4. The van der Waals surface area contributed by atoms with Crippen LogP contribution in [0.2, 0.25) is 0 Å². The van der Waals surface area contributed by atoms with Crippen molar-refractivity contribution in [2.45, 2.75) is 46.7 Å². The van der Waals surface area contributed by atoms with Crippen LogP contribution >= 0.6 is 0 Å². The lowest BCUT2D eigenvalue weighted by Gasteiger charge is -2.13. The number of aryl methyl sites for hydroxylation is 2. The van der Waals surface area contributed by atoms with Gasteiger partial charge < -0.3 is 10.6 Å². The van der Waals surface area contributed by atoms with Crippen molar-refractivity contribution < 1.29 is 4.79 Å². The molecule has 0 fully saturated rings. The first-order chi connectivity index (χ1) is 11.0. The molecule has 2 N–H and O–H groups in total. The number of rotatable bonds is 6. The van der Waals surface area contributed by atoms with E-state index in [1.54, 1.807) is 6.07 Å². The zero-order chi connectivity index (χ0) is 16.8. The summed E-state index contributed by atoms with van der Waals surface area (Å²) in [7, 11) is 0. The minimum Gasteiger partial charge on any atom is -0.352 e. The monoisotopic (exact) mass is 312 g/mol. The van der Waals surface area contributed by atoms with E-state index in [4.69, 9.17) is 0 Å². The molecule has 1 aromatic heterocycles. The lowest BCUT2D eigenvalue weighted by atomic mass is 10.1. The van der Waals surface area contributed by atoms with E-state index in [1.165, 1.54) is 5.56 Å². The van der Waals surface area contributed by atoms with Gasteiger partial charge in [-0.1, -0.05) is 36.8 Å². The number of benzene rings is 1. The Hall–Kier alpha value is -2.43. The van der Waals surface area contributed by atoms with Crippen LogP contribution in [0.25, 0.3) is 0 Å². The van der Waals surface area contributed by atoms with Gasteiger partial charge in [0.15, 0.2) is 0 Å². The second-order valence-corrected chi connectivity index (χ2v) is 5.84. The quantitative estimate of drug-likeness (QED) is 0.859. The van der Waals surface area contributed by atoms with Gasteiger partial charge >= 0.3 is 0 Å². The fourth-order valence-electron chi connectivity index (χ4n) is 2.05. The Morgan fingerprint density at radius 1 is 1.17 bits per heavy atom. The predicted molar refractivity (Wildman–Crippen MR) is 92.5 cm³/mol. The largest absolute Gasteiger partial charge is 0.352 e. The molecule has 0 saturated carbocycles. The van der Waals surface area contributed by atoms with Crippen molar-refractivity contribution in [2.75, 3.05) is 5.32 Å². The molecule has 0 aliphatic carbocycles. The number of aromatic nitrogens is 2. The third-order valence-corrected chi connectivity index (χ3v) is 3.65. The molecule has 5 nitrogen and oxygen atoms in total. The molecule has 0 aliphatic rings. The smallest absolute Gasteiger partial charge is 0.270 e. The third-order valence-electron chi connectivity index (χ3n) is 3.65. The molecule has 5 heteroatoms. The van der Waals surface area contributed by atoms with Crippen LogP contribution in [0, 0.1) is 13.8 Å². The zero-order valence-electron chi connectivity index (χ0n) is 14.2. The molecule has 1 amide bonds. The van der Waals surface area contributed by atoms with Crippen LogP contribution in [0.3, 0.4) is 0 Å². The number of hydrogen-bond donors (Lipinski definition) is 2. The van der Waals surface area contributed by atoms with Crippen LogP contribution in [-0.4, -0.2) is 21.9 Å². The van der Waals surface area contributed by atoms with E-state index in [1.807, 2.05) is 38.1 Å². The van der Waals surface area contributed by atoms with E-state index < -0.39 is 0 Å². The van der Waals surface area contributed by atoms with E-state index in [9.17, 15) is 4.79 Å². The van der Waals surface area contributed by atoms with Crippen LogP contribution in [-0.2, 0) is 6.54 Å². The van der Waals surface area contributed by atoms with Crippen LogP contribution in [0.15, 0.2) is 30.3 Å². The second kappa shape index (κ2) is 7.72. The van der Waals surface area contributed by atoms with Gasteiger partial charge in [-0.2, -0.15) is 0 Å². The summed E-state index contributed by atoms with van der Waals surface area (Å²) in [6.07, 6.45) is 0.965. The SMILES string of the molecule is CCC(C)Nc1nc(C)cc(C(=O)NCc2ccc(C)cc2)n1. The molecule has 0 aliphatic heterocycles. The Bertz CT molecular complexity index is 667. The topological polar surface area (TPSA) is 66.9 Å². The Morgan fingerprint density at radius 2 is 1.87 bits per heavy atom. The van der Waals surface area contributed by atoms with Gasteiger partial charge in [-0.05, 0) is 38.8 Å². The summed E-state index contributed by atoms with van der Waals surface area (Å²) in [6.45, 7) is 8.53. The molecule has 122 valence electrons. The summed E-state index contributed by atoms with van der Waals surface area (Å²) < 4.78 is 0. The van der Waals surface area contributed by atoms with Gasteiger partial charge in [-0.15, -0.1) is 0 Å². The minimum atomic E-state index is -0.191. The highest BCUT2D eigenvalue weighted by Crippen LogP contribution is 2.08. The molecule has 0 bridgehead atoms. The Labute approximate surface area is 137 Å². The van der Waals surface area contributed by atoms with Crippen LogP contribution in [0.4, 0.5) is 5.95 Å². The zero-order valence-corrected chi connectivity index (χ0v) is 14.2. The van der Waals surface area contributed by atoms with E-state index in [2.05, 4.69) is 34.4 Å². The molecular weight excluding hydrogens is 288 g/mol. The Kier molecular flexibility index (Phi) is 5.68. The van der Waals surface area contributed by atoms with Gasteiger partial charge in [0.2, 0.25) is 5.95 Å². The van der Waals surface area contributed by atoms with E-state index in [-0.39, 0.29) is 11.9 Å². The first-order valence-electron chi connectivity index (χ1n) is 7.94. The van der Waals surface area contributed by atoms with Gasteiger partial charge in [-0.3, -0.25) is 4.79 Å². The fraction of sp³-hybridized carbons (Fsp3) is 0.389. The second-order valence-electron chi connectivity index (χ2n) is 5.84. The van der Waals surface area contributed by atoms with Crippen molar-refractivity contribution in [3.63, 3.8) is 0 Å². The highest BCUT2D eigenvalue weighted by molar-refractivity contribution is 5.92. The van der Waals surface area contributed by atoms with E-state index in [0.717, 1.165) is 17.7 Å². The lowest BCUT2D eigenvalue weighted by molar-refractivity contribution is 0.0945. The molecule has 1 aromatic carbocycles. The third kappa shape index (κ3) is 5.06. The van der Waals surface area contributed by atoms with Crippen molar-refractivity contribution in [3.05, 3.63) is 52.8 Å². The average molecular weight is 312 g/mol. The van der Waals surface area contributed by atoms with E-state index in [0.29, 0.717) is 18.2 Å². The molecule has 1 unspecified atom stereocenters. The van der Waals surface area contributed by atoms with Gasteiger partial charge in [0.05, 0.1) is 0 Å². The average Bonchev–Trinajstić information content (AvgIpc) is 2.53. The van der Waals surface area contributed by atoms with Crippen molar-refractivity contribution in [2.24, 2.45) is 0 Å². The van der Waals surface area contributed by atoms with Gasteiger partial charge in [0.25, 0.3) is 5.91 Å². The number of nitrogens with zero attached hydrogens (tertiary/aromatic N) is 2. The maximum atomic E-state index is 12.3. The van der Waals surface area contributed by atoms with Crippen molar-refractivity contribution in [1.82, 2.24) is 15.3 Å². The minimum absolute atomic E-state index is 0.191. The predicted octanol–water partition coefficient (Wildman–Crippen LogP) is 3.23. The summed E-state index contributed by atoms with van der Waals surface area (Å²) in [4.78, 5) is 21.0. The highest BCUT2D eigenvalue weighted by Gasteiger charge is 2.11. The Balaban J connectivity index is 2.04. The maximum Gasteiger partial charge on any atom is 0.270 e. The molecule has 23 heavy (non-hydrogen) atoms. The highest BCUT2D eigenvalue weighted by atomic mass is 16.1. The van der Waals surface area contributed by atoms with Gasteiger partial charge in [0.1, 0.15) is 5.69 Å². The standard InChI is InChI=1S/C18H24N4O/c1-5-13(3)20-18-21-14(4)10-16(22-18)17(23)19-11-15-8-6-12(2)7-9-15/h6-10,13H,5,11H2,1-4H3,(H,19,23)(H,20,21,22). The molecule has 0 saturated heterocycles. The van der Waals surface area contributed by atoms with Gasteiger partial charge in [0, 0.05) is 18.3 Å².